The van der Waals surface area contributed by atoms with Crippen molar-refractivity contribution in [2.45, 2.75) is 26.0 Å². The van der Waals surface area contributed by atoms with Crippen molar-refractivity contribution < 1.29 is 9.84 Å². The van der Waals surface area contributed by atoms with Gasteiger partial charge < -0.3 is 15.6 Å². The summed E-state index contributed by atoms with van der Waals surface area (Å²) >= 11 is 0. The maximum Gasteiger partial charge on any atom is 0.213 e. The molecule has 0 aliphatic rings. The molecular weight excluding hydrogens is 180 g/mol. The summed E-state index contributed by atoms with van der Waals surface area (Å²) in [6.45, 7) is 4.06. The lowest BCUT2D eigenvalue weighted by Gasteiger charge is -2.17. The molecule has 0 spiro atoms. The van der Waals surface area contributed by atoms with Crippen molar-refractivity contribution in [2.75, 3.05) is 6.61 Å². The van der Waals surface area contributed by atoms with Crippen LogP contribution in [0.4, 0.5) is 0 Å². The molecule has 0 amide bonds. The van der Waals surface area contributed by atoms with E-state index in [2.05, 4.69) is 4.98 Å². The molecule has 1 heterocycles. The van der Waals surface area contributed by atoms with Gasteiger partial charge in [0, 0.05) is 18.8 Å². The van der Waals surface area contributed by atoms with Gasteiger partial charge >= 0.3 is 0 Å². The van der Waals surface area contributed by atoms with Crippen LogP contribution in [0.15, 0.2) is 18.3 Å². The molecule has 4 heteroatoms. The Morgan fingerprint density at radius 1 is 1.50 bits per heavy atom. The number of rotatable bonds is 4. The normalized spacial score (nSPS) is 11.4. The molecule has 3 N–H and O–H groups in total. The Morgan fingerprint density at radius 3 is 2.64 bits per heavy atom. The average Bonchev–Trinajstić information content (AvgIpc) is 2.14. The van der Waals surface area contributed by atoms with Crippen molar-refractivity contribution in [3.63, 3.8) is 0 Å². The minimum absolute atomic E-state index is 0.224. The number of nitrogens with two attached hydrogens (primary N) is 1. The van der Waals surface area contributed by atoms with Gasteiger partial charge in [0.05, 0.1) is 5.60 Å². The summed E-state index contributed by atoms with van der Waals surface area (Å²) in [7, 11) is 0. The molecule has 0 bridgehead atoms. The number of ether oxygens (including phenoxy) is 1. The van der Waals surface area contributed by atoms with Crippen LogP contribution >= 0.6 is 0 Å². The van der Waals surface area contributed by atoms with Crippen molar-refractivity contribution in [2.24, 2.45) is 5.73 Å². The van der Waals surface area contributed by atoms with E-state index in [0.29, 0.717) is 12.4 Å². The summed E-state index contributed by atoms with van der Waals surface area (Å²) in [5.41, 5.74) is 5.54. The fourth-order valence-corrected chi connectivity index (χ4v) is 0.868. The van der Waals surface area contributed by atoms with Gasteiger partial charge in [-0.25, -0.2) is 4.98 Å². The number of hydrogen-bond acceptors (Lipinski definition) is 4. The van der Waals surface area contributed by atoms with Crippen LogP contribution in [0.2, 0.25) is 0 Å². The van der Waals surface area contributed by atoms with Gasteiger partial charge in [0.25, 0.3) is 0 Å². The Bertz CT molecular complexity index is 277. The second-order valence-electron chi connectivity index (χ2n) is 3.81. The summed E-state index contributed by atoms with van der Waals surface area (Å²) in [6.07, 6.45) is 1.67. The number of pyridine rings is 1. The van der Waals surface area contributed by atoms with Crippen molar-refractivity contribution in [3.05, 3.63) is 23.9 Å². The fraction of sp³-hybridized carbons (Fsp3) is 0.500. The molecule has 0 saturated heterocycles. The van der Waals surface area contributed by atoms with Crippen molar-refractivity contribution in [1.82, 2.24) is 4.98 Å². The number of hydrogen-bond donors (Lipinski definition) is 2. The SMILES string of the molecule is CC(C)(O)COc1ccc(CN)cn1. The summed E-state index contributed by atoms with van der Waals surface area (Å²) in [4.78, 5) is 4.04. The molecular formula is C10H16N2O2. The molecule has 0 fully saturated rings. The summed E-state index contributed by atoms with van der Waals surface area (Å²) in [5.74, 6) is 0.504. The third-order valence-electron chi connectivity index (χ3n) is 1.61. The second-order valence-corrected chi connectivity index (χ2v) is 3.81. The zero-order valence-electron chi connectivity index (χ0n) is 8.53. The second kappa shape index (κ2) is 4.39. The van der Waals surface area contributed by atoms with Gasteiger partial charge in [-0.1, -0.05) is 6.07 Å². The predicted octanol–water partition coefficient (Wildman–Crippen LogP) is 0.690. The largest absolute Gasteiger partial charge is 0.475 e. The molecule has 1 aromatic heterocycles. The Labute approximate surface area is 83.7 Å². The molecule has 14 heavy (non-hydrogen) atoms. The molecule has 0 aliphatic heterocycles. The molecule has 0 aliphatic carbocycles. The van der Waals surface area contributed by atoms with E-state index in [4.69, 9.17) is 10.5 Å². The standard InChI is InChI=1S/C10H16N2O2/c1-10(2,13)7-14-9-4-3-8(5-11)6-12-9/h3-4,6,13H,5,7,11H2,1-2H3. The first-order chi connectivity index (χ1) is 6.51. The minimum Gasteiger partial charge on any atom is -0.475 e. The van der Waals surface area contributed by atoms with Gasteiger partial charge in [-0.3, -0.25) is 0 Å². The number of aromatic nitrogens is 1. The number of aliphatic hydroxyl groups is 1. The van der Waals surface area contributed by atoms with Crippen LogP contribution in [0.3, 0.4) is 0 Å². The van der Waals surface area contributed by atoms with Crippen molar-refractivity contribution >= 4 is 0 Å². The van der Waals surface area contributed by atoms with Crippen LogP contribution in [0.1, 0.15) is 19.4 Å². The first-order valence-electron chi connectivity index (χ1n) is 4.51. The van der Waals surface area contributed by atoms with E-state index in [1.54, 1.807) is 26.1 Å². The highest BCUT2D eigenvalue weighted by Gasteiger charge is 2.13. The average molecular weight is 196 g/mol. The predicted molar refractivity (Wildman–Crippen MR) is 53.9 cm³/mol. The smallest absolute Gasteiger partial charge is 0.213 e. The van der Waals surface area contributed by atoms with Crippen LogP contribution in [-0.4, -0.2) is 22.3 Å². The highest BCUT2D eigenvalue weighted by molar-refractivity contribution is 5.17. The van der Waals surface area contributed by atoms with E-state index in [9.17, 15) is 5.11 Å². The quantitative estimate of drug-likeness (QED) is 0.743. The third kappa shape index (κ3) is 3.72. The lowest BCUT2D eigenvalue weighted by atomic mass is 10.2. The van der Waals surface area contributed by atoms with Gasteiger partial charge in [0.2, 0.25) is 5.88 Å². The number of nitrogens with zero attached hydrogens (tertiary/aromatic N) is 1. The Morgan fingerprint density at radius 2 is 2.21 bits per heavy atom. The maximum absolute atomic E-state index is 9.41. The molecule has 78 valence electrons. The van der Waals surface area contributed by atoms with Gasteiger partial charge in [0.1, 0.15) is 6.61 Å². The van der Waals surface area contributed by atoms with Gasteiger partial charge in [-0.15, -0.1) is 0 Å². The molecule has 1 aromatic rings. The monoisotopic (exact) mass is 196 g/mol. The van der Waals surface area contributed by atoms with E-state index in [0.717, 1.165) is 5.56 Å². The van der Waals surface area contributed by atoms with Gasteiger partial charge in [-0.05, 0) is 19.4 Å². The fourth-order valence-electron chi connectivity index (χ4n) is 0.868. The van der Waals surface area contributed by atoms with E-state index in [1.807, 2.05) is 6.07 Å². The summed E-state index contributed by atoms with van der Waals surface area (Å²) in [6, 6.07) is 3.60. The molecule has 0 saturated carbocycles. The summed E-state index contributed by atoms with van der Waals surface area (Å²) in [5, 5.41) is 9.41. The van der Waals surface area contributed by atoms with Crippen LogP contribution in [-0.2, 0) is 6.54 Å². The summed E-state index contributed by atoms with van der Waals surface area (Å²) < 4.78 is 5.27. The Hall–Kier alpha value is -1.13. The Balaban J connectivity index is 2.52. The lowest BCUT2D eigenvalue weighted by Crippen LogP contribution is -2.28. The van der Waals surface area contributed by atoms with Gasteiger partial charge in [0.15, 0.2) is 0 Å². The van der Waals surface area contributed by atoms with E-state index in [1.165, 1.54) is 0 Å². The molecule has 0 unspecified atom stereocenters. The van der Waals surface area contributed by atoms with E-state index >= 15 is 0 Å². The van der Waals surface area contributed by atoms with Crippen LogP contribution in [0.25, 0.3) is 0 Å². The molecule has 1 rings (SSSR count). The van der Waals surface area contributed by atoms with Crippen molar-refractivity contribution in [3.8, 4) is 5.88 Å². The van der Waals surface area contributed by atoms with Gasteiger partial charge in [-0.2, -0.15) is 0 Å². The molecule has 0 atom stereocenters. The molecule has 4 nitrogen and oxygen atoms in total. The lowest BCUT2D eigenvalue weighted by molar-refractivity contribution is 0.0268. The zero-order valence-corrected chi connectivity index (χ0v) is 8.53. The topological polar surface area (TPSA) is 68.4 Å². The maximum atomic E-state index is 9.41. The Kier molecular flexibility index (Phi) is 3.43. The van der Waals surface area contributed by atoms with Crippen LogP contribution < -0.4 is 10.5 Å². The third-order valence-corrected chi connectivity index (χ3v) is 1.61. The van der Waals surface area contributed by atoms with Crippen LogP contribution in [0.5, 0.6) is 5.88 Å². The highest BCUT2D eigenvalue weighted by Crippen LogP contribution is 2.10. The van der Waals surface area contributed by atoms with E-state index < -0.39 is 5.60 Å². The molecule has 0 aromatic carbocycles. The first kappa shape index (κ1) is 10.9. The van der Waals surface area contributed by atoms with Crippen LogP contribution in [0, 0.1) is 0 Å². The zero-order chi connectivity index (χ0) is 10.6. The molecule has 0 radical (unpaired) electrons. The highest BCUT2D eigenvalue weighted by atomic mass is 16.5. The van der Waals surface area contributed by atoms with E-state index in [-0.39, 0.29) is 6.61 Å². The minimum atomic E-state index is -0.839. The van der Waals surface area contributed by atoms with Crippen molar-refractivity contribution in [1.29, 1.82) is 0 Å². The first-order valence-corrected chi connectivity index (χ1v) is 4.51.